The van der Waals surface area contributed by atoms with Crippen molar-refractivity contribution in [3.8, 4) is 17.2 Å². The first-order valence-electron chi connectivity index (χ1n) is 7.33. The quantitative estimate of drug-likeness (QED) is 0.619. The molecular formula is C18H19N3O4. The summed E-state index contributed by atoms with van der Waals surface area (Å²) >= 11 is 0. The summed E-state index contributed by atoms with van der Waals surface area (Å²) in [7, 11) is 1.58. The summed E-state index contributed by atoms with van der Waals surface area (Å²) in [6.45, 7) is 0. The number of hydrogen-bond acceptors (Lipinski definition) is 6. The summed E-state index contributed by atoms with van der Waals surface area (Å²) in [6, 6.07) is 12.9. The van der Waals surface area contributed by atoms with Crippen molar-refractivity contribution in [1.82, 2.24) is 5.32 Å². The zero-order valence-corrected chi connectivity index (χ0v) is 13.6. The Morgan fingerprint density at radius 1 is 1.00 bits per heavy atom. The van der Waals surface area contributed by atoms with Crippen LogP contribution in [0, 0.1) is 0 Å². The monoisotopic (exact) mass is 341 g/mol. The van der Waals surface area contributed by atoms with Crippen molar-refractivity contribution >= 4 is 11.8 Å². The minimum absolute atomic E-state index is 0.0697. The maximum Gasteiger partial charge on any atom is 0.418 e. The minimum atomic E-state index is -0.754. The molecule has 25 heavy (non-hydrogen) atoms. The van der Waals surface area contributed by atoms with Crippen LogP contribution < -0.4 is 26.3 Å². The van der Waals surface area contributed by atoms with Gasteiger partial charge >= 0.3 is 6.09 Å². The van der Waals surface area contributed by atoms with Crippen LogP contribution in [0.15, 0.2) is 66.5 Å². The summed E-state index contributed by atoms with van der Waals surface area (Å²) in [5.74, 6) is 1.15. The molecule has 2 aromatic carbocycles. The number of phenolic OH excluding ortho intramolecular Hbond substituents is 1. The number of ether oxygens (including phenoxy) is 2. The number of hydrogen-bond donors (Lipinski definition) is 4. The lowest BCUT2D eigenvalue weighted by Gasteiger charge is -2.06. The normalized spacial score (nSPS) is 11.7. The van der Waals surface area contributed by atoms with Crippen LogP contribution in [0.25, 0.3) is 5.70 Å². The second-order valence-electron chi connectivity index (χ2n) is 4.98. The molecule has 0 aliphatic rings. The molecule has 0 saturated carbocycles. The van der Waals surface area contributed by atoms with E-state index in [1.807, 2.05) is 0 Å². The van der Waals surface area contributed by atoms with Gasteiger partial charge in [0, 0.05) is 5.70 Å². The van der Waals surface area contributed by atoms with Crippen LogP contribution >= 0.6 is 0 Å². The number of methoxy groups -OCH3 is 1. The molecule has 0 radical (unpaired) electrons. The van der Waals surface area contributed by atoms with Gasteiger partial charge in [0.2, 0.25) is 0 Å². The van der Waals surface area contributed by atoms with Gasteiger partial charge < -0.3 is 26.0 Å². The molecule has 0 spiro atoms. The molecule has 7 nitrogen and oxygen atoms in total. The second-order valence-corrected chi connectivity index (χ2v) is 4.98. The smallest absolute Gasteiger partial charge is 0.418 e. The van der Waals surface area contributed by atoms with Crippen LogP contribution in [0.3, 0.4) is 0 Å². The average Bonchev–Trinajstić information content (AvgIpc) is 2.61. The van der Waals surface area contributed by atoms with E-state index in [0.717, 1.165) is 11.3 Å². The van der Waals surface area contributed by atoms with Crippen molar-refractivity contribution in [3.63, 3.8) is 0 Å². The number of amides is 1. The highest BCUT2D eigenvalue weighted by Crippen LogP contribution is 2.16. The molecule has 1 amide bonds. The number of nitrogens with one attached hydrogen (secondary N) is 1. The number of nitrogens with two attached hydrogens (primary N) is 2. The summed E-state index contributed by atoms with van der Waals surface area (Å²) in [5, 5.41) is 11.5. The molecule has 0 bridgehead atoms. The van der Waals surface area contributed by atoms with E-state index in [0.29, 0.717) is 5.70 Å². The third kappa shape index (κ3) is 5.51. The van der Waals surface area contributed by atoms with Gasteiger partial charge in [0.05, 0.1) is 7.11 Å². The van der Waals surface area contributed by atoms with E-state index < -0.39 is 6.09 Å². The molecule has 130 valence electrons. The van der Waals surface area contributed by atoms with Crippen LogP contribution in [-0.4, -0.2) is 18.3 Å². The molecule has 0 fully saturated rings. The largest absolute Gasteiger partial charge is 0.508 e. The number of rotatable bonds is 5. The van der Waals surface area contributed by atoms with E-state index in [1.165, 1.54) is 30.3 Å². The van der Waals surface area contributed by atoms with Gasteiger partial charge in [-0.3, -0.25) is 5.32 Å². The molecule has 0 saturated heterocycles. The lowest BCUT2D eigenvalue weighted by molar-refractivity contribution is 0.203. The van der Waals surface area contributed by atoms with E-state index in [2.05, 4.69) is 5.32 Å². The second kappa shape index (κ2) is 8.30. The van der Waals surface area contributed by atoms with E-state index in [-0.39, 0.29) is 17.3 Å². The summed E-state index contributed by atoms with van der Waals surface area (Å²) in [4.78, 5) is 11.7. The summed E-state index contributed by atoms with van der Waals surface area (Å²) in [6.07, 6.45) is 2.27. The lowest BCUT2D eigenvalue weighted by atomic mass is 10.1. The Labute approximate surface area is 145 Å². The zero-order valence-electron chi connectivity index (χ0n) is 13.6. The zero-order chi connectivity index (χ0) is 18.2. The van der Waals surface area contributed by atoms with Gasteiger partial charge in [-0.25, -0.2) is 4.79 Å². The Bertz CT molecular complexity index is 781. The van der Waals surface area contributed by atoms with Crippen molar-refractivity contribution < 1.29 is 19.4 Å². The topological polar surface area (TPSA) is 120 Å². The van der Waals surface area contributed by atoms with Crippen LogP contribution in [0.1, 0.15) is 5.56 Å². The Morgan fingerprint density at radius 3 is 2.20 bits per heavy atom. The average molecular weight is 341 g/mol. The first-order chi connectivity index (χ1) is 12.0. The fraction of sp³-hybridized carbons (Fsp3) is 0.0556. The van der Waals surface area contributed by atoms with Crippen molar-refractivity contribution in [1.29, 1.82) is 0 Å². The van der Waals surface area contributed by atoms with Gasteiger partial charge in [0.15, 0.2) is 0 Å². The fourth-order valence-electron chi connectivity index (χ4n) is 1.87. The van der Waals surface area contributed by atoms with E-state index in [9.17, 15) is 9.90 Å². The third-order valence-corrected chi connectivity index (χ3v) is 3.16. The van der Waals surface area contributed by atoms with Crippen LogP contribution in [0.5, 0.6) is 17.2 Å². The molecule has 0 atom stereocenters. The molecule has 7 heteroatoms. The molecule has 0 unspecified atom stereocenters. The Hall–Kier alpha value is -3.61. The first-order valence-corrected chi connectivity index (χ1v) is 7.33. The first kappa shape index (κ1) is 17.7. The number of carbonyl (C=O) groups is 1. The van der Waals surface area contributed by atoms with Gasteiger partial charge in [0.1, 0.15) is 23.1 Å². The number of benzene rings is 2. The van der Waals surface area contributed by atoms with E-state index >= 15 is 0 Å². The van der Waals surface area contributed by atoms with Gasteiger partial charge in [-0.05, 0) is 66.2 Å². The maximum atomic E-state index is 11.7. The Morgan fingerprint density at radius 2 is 1.60 bits per heavy atom. The number of aromatic hydroxyl groups is 1. The van der Waals surface area contributed by atoms with Gasteiger partial charge in [-0.2, -0.15) is 0 Å². The summed E-state index contributed by atoms with van der Waals surface area (Å²) in [5.41, 5.74) is 12.9. The highest BCUT2D eigenvalue weighted by atomic mass is 16.6. The predicted molar refractivity (Wildman–Crippen MR) is 94.7 cm³/mol. The lowest BCUT2D eigenvalue weighted by Crippen LogP contribution is -2.30. The van der Waals surface area contributed by atoms with Crippen LogP contribution in [-0.2, 0) is 0 Å². The van der Waals surface area contributed by atoms with Crippen molar-refractivity contribution in [2.75, 3.05) is 7.11 Å². The van der Waals surface area contributed by atoms with E-state index in [1.54, 1.807) is 37.5 Å². The maximum absolute atomic E-state index is 11.7. The molecular weight excluding hydrogens is 322 g/mol. The molecule has 6 N–H and O–H groups in total. The highest BCUT2D eigenvalue weighted by Gasteiger charge is 2.05. The molecule has 0 aliphatic carbocycles. The summed E-state index contributed by atoms with van der Waals surface area (Å²) < 4.78 is 10.1. The molecule has 2 aromatic rings. The van der Waals surface area contributed by atoms with Crippen molar-refractivity contribution in [2.24, 2.45) is 11.5 Å². The number of carbonyl (C=O) groups excluding carboxylic acids is 1. The number of allylic oxidation sites excluding steroid dienone is 2. The van der Waals surface area contributed by atoms with Crippen molar-refractivity contribution in [3.05, 3.63) is 72.1 Å². The highest BCUT2D eigenvalue weighted by molar-refractivity contribution is 5.72. The van der Waals surface area contributed by atoms with Gasteiger partial charge in [0.25, 0.3) is 0 Å². The van der Waals surface area contributed by atoms with Crippen LogP contribution in [0.2, 0.25) is 0 Å². The van der Waals surface area contributed by atoms with Crippen molar-refractivity contribution in [2.45, 2.75) is 0 Å². The minimum Gasteiger partial charge on any atom is -0.508 e. The molecule has 0 aromatic heterocycles. The standard InChI is InChI=1S/C18H19N3O4/c1-24-14-6-2-12(3-7-14)16(19)10-11-17(20)21-18(23)25-15-8-4-13(22)5-9-15/h2-11,22H,19-20H2,1H3,(H,21,23)/b16-10-,17-11+. The predicted octanol–water partition coefficient (Wildman–Crippen LogP) is 2.29. The van der Waals surface area contributed by atoms with Gasteiger partial charge in [-0.1, -0.05) is 0 Å². The van der Waals surface area contributed by atoms with Crippen LogP contribution in [0.4, 0.5) is 4.79 Å². The van der Waals surface area contributed by atoms with Gasteiger partial charge in [-0.15, -0.1) is 0 Å². The number of phenols is 1. The third-order valence-electron chi connectivity index (χ3n) is 3.16. The Balaban J connectivity index is 1.95. The Kier molecular flexibility index (Phi) is 5.89. The SMILES string of the molecule is COc1ccc(/C(N)=C/C=C(\N)NC(=O)Oc2ccc(O)cc2)cc1. The fourth-order valence-corrected chi connectivity index (χ4v) is 1.87. The molecule has 0 aliphatic heterocycles. The molecule has 0 heterocycles. The molecule has 2 rings (SSSR count). The van der Waals surface area contributed by atoms with E-state index in [4.69, 9.17) is 20.9 Å².